The lowest BCUT2D eigenvalue weighted by molar-refractivity contribution is -0.257. The highest BCUT2D eigenvalue weighted by Crippen LogP contribution is 2.19. The highest BCUT2D eigenvalue weighted by molar-refractivity contribution is 8.10. The van der Waals surface area contributed by atoms with Crippen molar-refractivity contribution >= 4 is 29.2 Å². The Morgan fingerprint density at radius 3 is 2.29 bits per heavy atom. The average Bonchev–Trinajstić information content (AvgIpc) is 2.26. The minimum Gasteiger partial charge on any atom is -0.394 e. The summed E-state index contributed by atoms with van der Waals surface area (Å²) in [5.74, 6) is 0. The fraction of sp³-hybridized carbons (Fsp3) is 0.875. The maximum absolute atomic E-state index is 9.40. The van der Waals surface area contributed by atoms with Crippen LogP contribution >= 0.6 is 24.8 Å². The van der Waals surface area contributed by atoms with Crippen molar-refractivity contribution < 1.29 is 24.8 Å². The molecule has 0 aromatic rings. The lowest BCUT2D eigenvalue weighted by Crippen LogP contribution is -2.62. The molecule has 17 heavy (non-hydrogen) atoms. The number of hydrogen-bond acceptors (Lipinski definition) is 7. The summed E-state index contributed by atoms with van der Waals surface area (Å²) in [5, 5.41) is 27.5. The van der Waals surface area contributed by atoms with Gasteiger partial charge in [0.25, 0.3) is 0 Å². The Morgan fingerprint density at radius 1 is 1.47 bits per heavy atom. The van der Waals surface area contributed by atoms with Crippen molar-refractivity contribution in [3.8, 4) is 0 Å². The second-order valence-corrected chi connectivity index (χ2v) is 4.58. The molecule has 1 heterocycles. The maximum atomic E-state index is 9.40. The van der Waals surface area contributed by atoms with Crippen molar-refractivity contribution in [3.63, 3.8) is 0 Å². The number of aliphatic hydroxyl groups excluding tert-OH is 3. The van der Waals surface area contributed by atoms with Crippen LogP contribution in [0.5, 0.6) is 0 Å². The van der Waals surface area contributed by atoms with Gasteiger partial charge in [0.1, 0.15) is 22.6 Å². The molecule has 0 aromatic heterocycles. The van der Waals surface area contributed by atoms with E-state index in [1.807, 2.05) is 0 Å². The molecule has 1 unspecified atom stereocenters. The highest BCUT2D eigenvalue weighted by Gasteiger charge is 2.42. The molecule has 1 fully saturated rings. The molecule has 0 amide bonds. The standard InChI is InChI=1S/C7H15NO5.CH3NS2/c1-12-7-4(8)6(11)5(10)3(2-9)13-7;2-1(3)4/h3-7,9-11H,2,8H2,1H3;(H3,2,3,4)/t3-,4-,5-,6-,7?;/m1./s1. The fourth-order valence-electron chi connectivity index (χ4n) is 1.32. The Bertz CT molecular complexity index is 222. The average molecular weight is 286 g/mol. The van der Waals surface area contributed by atoms with Crippen LogP contribution < -0.4 is 11.5 Å². The summed E-state index contributed by atoms with van der Waals surface area (Å²) in [5.41, 5.74) is 10.2. The molecule has 1 saturated heterocycles. The number of nitrogens with two attached hydrogens (primary N) is 2. The van der Waals surface area contributed by atoms with Crippen LogP contribution in [0, 0.1) is 0 Å². The van der Waals surface area contributed by atoms with Gasteiger partial charge in [-0.1, -0.05) is 12.2 Å². The first-order valence-corrected chi connectivity index (χ1v) is 5.59. The Hall–Kier alpha value is -0.000000000000000111. The van der Waals surface area contributed by atoms with Gasteiger partial charge in [0.2, 0.25) is 0 Å². The Kier molecular flexibility index (Phi) is 8.16. The zero-order valence-corrected chi connectivity index (χ0v) is 11.0. The molecule has 1 aliphatic heterocycles. The van der Waals surface area contributed by atoms with Crippen molar-refractivity contribution in [2.45, 2.75) is 30.6 Å². The van der Waals surface area contributed by atoms with E-state index in [9.17, 15) is 10.2 Å². The van der Waals surface area contributed by atoms with Crippen LogP contribution in [0.25, 0.3) is 0 Å². The van der Waals surface area contributed by atoms with E-state index >= 15 is 0 Å². The second kappa shape index (κ2) is 8.16. The van der Waals surface area contributed by atoms with Gasteiger partial charge in [0, 0.05) is 7.11 Å². The number of rotatable bonds is 2. The van der Waals surface area contributed by atoms with E-state index in [1.54, 1.807) is 0 Å². The van der Waals surface area contributed by atoms with Gasteiger partial charge in [-0.15, -0.1) is 12.6 Å². The topological polar surface area (TPSA) is 131 Å². The quantitative estimate of drug-likeness (QED) is 0.244. The van der Waals surface area contributed by atoms with E-state index in [1.165, 1.54) is 7.11 Å². The van der Waals surface area contributed by atoms with Gasteiger partial charge in [0.05, 0.1) is 12.6 Å². The molecule has 0 aromatic carbocycles. The molecule has 0 aliphatic carbocycles. The number of thiol groups is 1. The first-order chi connectivity index (χ1) is 7.84. The number of hydrogen-bond donors (Lipinski definition) is 6. The normalized spacial score (nSPS) is 36.9. The third-order valence-electron chi connectivity index (χ3n) is 2.16. The van der Waals surface area contributed by atoms with Gasteiger partial charge >= 0.3 is 0 Å². The van der Waals surface area contributed by atoms with Crippen molar-refractivity contribution in [2.24, 2.45) is 11.5 Å². The van der Waals surface area contributed by atoms with Gasteiger partial charge < -0.3 is 36.3 Å². The van der Waals surface area contributed by atoms with E-state index in [0.29, 0.717) is 0 Å². The molecule has 102 valence electrons. The molecule has 1 rings (SSSR count). The molecule has 5 atom stereocenters. The van der Waals surface area contributed by atoms with Crippen LogP contribution in [0.15, 0.2) is 0 Å². The monoisotopic (exact) mass is 286 g/mol. The number of aliphatic hydroxyl groups is 3. The predicted molar refractivity (Wildman–Crippen MR) is 68.5 cm³/mol. The summed E-state index contributed by atoms with van der Waals surface area (Å²) in [6.45, 7) is -0.384. The number of thiocarbonyl (C=S) groups is 1. The Balaban J connectivity index is 0.000000557. The lowest BCUT2D eigenvalue weighted by Gasteiger charge is -2.39. The summed E-state index contributed by atoms with van der Waals surface area (Å²) in [4.78, 5) is 0. The minimum atomic E-state index is -1.17. The lowest BCUT2D eigenvalue weighted by atomic mass is 9.98. The van der Waals surface area contributed by atoms with Crippen molar-refractivity contribution in [3.05, 3.63) is 0 Å². The Labute approximate surface area is 110 Å². The molecule has 0 spiro atoms. The first kappa shape index (κ1) is 17.0. The third-order valence-corrected chi connectivity index (χ3v) is 2.16. The van der Waals surface area contributed by atoms with Crippen LogP contribution in [-0.4, -0.2) is 64.0 Å². The van der Waals surface area contributed by atoms with Crippen LogP contribution in [0.2, 0.25) is 0 Å². The van der Waals surface area contributed by atoms with Crippen molar-refractivity contribution in [2.75, 3.05) is 13.7 Å². The molecule has 0 radical (unpaired) electrons. The van der Waals surface area contributed by atoms with E-state index in [0.717, 1.165) is 0 Å². The molecule has 7 N–H and O–H groups in total. The van der Waals surface area contributed by atoms with Gasteiger partial charge in [0.15, 0.2) is 6.29 Å². The van der Waals surface area contributed by atoms with Crippen molar-refractivity contribution in [1.82, 2.24) is 0 Å². The predicted octanol–water partition coefficient (Wildman–Crippen LogP) is -2.44. The van der Waals surface area contributed by atoms with Crippen LogP contribution in [0.4, 0.5) is 0 Å². The number of methoxy groups -OCH3 is 1. The van der Waals surface area contributed by atoms with Gasteiger partial charge in [-0.3, -0.25) is 0 Å². The molecular weight excluding hydrogens is 268 g/mol. The van der Waals surface area contributed by atoms with Gasteiger partial charge in [-0.05, 0) is 0 Å². The van der Waals surface area contributed by atoms with Crippen molar-refractivity contribution in [1.29, 1.82) is 0 Å². The molecular formula is C8H18N2O5S2. The Morgan fingerprint density at radius 2 is 1.94 bits per heavy atom. The largest absolute Gasteiger partial charge is 0.394 e. The zero-order valence-electron chi connectivity index (χ0n) is 9.26. The highest BCUT2D eigenvalue weighted by atomic mass is 32.1. The fourth-order valence-corrected chi connectivity index (χ4v) is 1.32. The second-order valence-electron chi connectivity index (χ2n) is 3.36. The molecule has 9 heteroatoms. The van der Waals surface area contributed by atoms with Crippen LogP contribution in [0.3, 0.4) is 0 Å². The van der Waals surface area contributed by atoms with Crippen LogP contribution in [0.1, 0.15) is 0 Å². The minimum absolute atomic E-state index is 0.194. The summed E-state index contributed by atoms with van der Waals surface area (Å²) in [6, 6.07) is -0.803. The van der Waals surface area contributed by atoms with E-state index < -0.39 is 30.6 Å². The summed E-state index contributed by atoms with van der Waals surface area (Å²) in [6.07, 6.45) is -3.96. The van der Waals surface area contributed by atoms with Gasteiger partial charge in [-0.25, -0.2) is 0 Å². The van der Waals surface area contributed by atoms with E-state index in [2.05, 4.69) is 24.8 Å². The summed E-state index contributed by atoms with van der Waals surface area (Å²) < 4.78 is 10.1. The molecule has 7 nitrogen and oxygen atoms in total. The van der Waals surface area contributed by atoms with E-state index in [4.69, 9.17) is 26.0 Å². The van der Waals surface area contributed by atoms with Gasteiger partial charge in [-0.2, -0.15) is 0 Å². The van der Waals surface area contributed by atoms with E-state index in [-0.39, 0.29) is 10.9 Å². The summed E-state index contributed by atoms with van der Waals surface area (Å²) in [7, 11) is 1.38. The smallest absolute Gasteiger partial charge is 0.175 e. The SMILES string of the molecule is COC1O[C@H](CO)[C@@H](O)[C@H](O)[C@H]1N.NC(=S)S. The maximum Gasteiger partial charge on any atom is 0.175 e. The third kappa shape index (κ3) is 5.44. The molecule has 0 saturated carbocycles. The number of ether oxygens (including phenoxy) is 2. The zero-order chi connectivity index (χ0) is 13.6. The summed E-state index contributed by atoms with van der Waals surface area (Å²) >= 11 is 7.65. The molecule has 0 bridgehead atoms. The molecule has 1 aliphatic rings. The van der Waals surface area contributed by atoms with Crippen LogP contribution in [-0.2, 0) is 9.47 Å². The first-order valence-electron chi connectivity index (χ1n) is 4.74.